The second-order valence-electron chi connectivity index (χ2n) is 7.91. The summed E-state index contributed by atoms with van der Waals surface area (Å²) in [6.45, 7) is 0.670. The molecular weight excluding hydrogens is 447 g/mol. The maximum atomic E-state index is 13.1. The molecule has 3 heterocycles. The van der Waals surface area contributed by atoms with E-state index in [2.05, 4.69) is 15.4 Å². The van der Waals surface area contributed by atoms with E-state index in [4.69, 9.17) is 0 Å². The van der Waals surface area contributed by atoms with E-state index in [0.717, 1.165) is 16.9 Å². The zero-order chi connectivity index (χ0) is 23.0. The number of nitrogens with zero attached hydrogens (tertiary/aromatic N) is 4. The number of alkyl halides is 3. The third-order valence-electron chi connectivity index (χ3n) is 5.52. The van der Waals surface area contributed by atoms with E-state index in [-0.39, 0.29) is 33.7 Å². The van der Waals surface area contributed by atoms with Gasteiger partial charge in [-0.25, -0.2) is 4.68 Å². The van der Waals surface area contributed by atoms with Gasteiger partial charge in [0.15, 0.2) is 16.5 Å². The summed E-state index contributed by atoms with van der Waals surface area (Å²) in [5.74, 6) is -1.29. The Bertz CT molecular complexity index is 1100. The van der Waals surface area contributed by atoms with Gasteiger partial charge in [-0.1, -0.05) is 35.1 Å². The summed E-state index contributed by atoms with van der Waals surface area (Å²) in [7, 11) is 0. The number of aliphatic hydroxyl groups excluding tert-OH is 1. The number of aromatic nitrogens is 3. The van der Waals surface area contributed by atoms with Gasteiger partial charge >= 0.3 is 6.18 Å². The van der Waals surface area contributed by atoms with E-state index in [1.54, 1.807) is 6.08 Å². The van der Waals surface area contributed by atoms with E-state index in [0.29, 0.717) is 30.5 Å². The molecule has 2 aromatic rings. The highest BCUT2D eigenvalue weighted by atomic mass is 32.1. The van der Waals surface area contributed by atoms with Crippen molar-refractivity contribution in [3.8, 4) is 0 Å². The molecule has 2 amide bonds. The van der Waals surface area contributed by atoms with Crippen LogP contribution in [0.5, 0.6) is 0 Å². The summed E-state index contributed by atoms with van der Waals surface area (Å²) in [5.41, 5.74) is 0.784. The Morgan fingerprint density at radius 2 is 2.16 bits per heavy atom. The molecule has 0 aromatic carbocycles. The van der Waals surface area contributed by atoms with Gasteiger partial charge in [0.2, 0.25) is 5.91 Å². The second kappa shape index (κ2) is 8.66. The zero-order valence-corrected chi connectivity index (χ0v) is 18.0. The summed E-state index contributed by atoms with van der Waals surface area (Å²) < 4.78 is 40.1. The summed E-state index contributed by atoms with van der Waals surface area (Å²) in [5, 5.41) is 16.2. The Balaban J connectivity index is 1.65. The molecule has 0 saturated carbocycles. The van der Waals surface area contributed by atoms with E-state index in [1.807, 2.05) is 19.1 Å². The Morgan fingerprint density at radius 3 is 2.81 bits per heavy atom. The zero-order valence-electron chi connectivity index (χ0n) is 17.2. The Hall–Kier alpha value is -2.73. The monoisotopic (exact) mass is 469 g/mol. The Labute approximate surface area is 185 Å². The molecule has 1 unspecified atom stereocenters. The third-order valence-corrected chi connectivity index (χ3v) is 6.49. The molecule has 1 fully saturated rings. The quantitative estimate of drug-likeness (QED) is 0.701. The summed E-state index contributed by atoms with van der Waals surface area (Å²) in [4.78, 5) is 31.2. The number of carbonyl (C=O) groups is 2. The standard InChI is InChI=1S/C20H22F3N5O3S/c1-11-4-6-12(7-5-11)17(30)25-19-24-16-15(32-19)14(26-28(16)10-20(21,22)23)18(31)27-8-2-3-13(27)9-29/h4-6,12-13,29H,2-3,7-10H2,1H3,(H,24,25,30)/t12?,13-/m0/s1. The lowest BCUT2D eigenvalue weighted by Gasteiger charge is -2.21. The van der Waals surface area contributed by atoms with Gasteiger partial charge in [0.1, 0.15) is 11.2 Å². The lowest BCUT2D eigenvalue weighted by Crippen LogP contribution is -2.38. The molecule has 172 valence electrons. The number of likely N-dealkylation sites (tertiary alicyclic amines) is 1. The molecule has 0 radical (unpaired) electrons. The highest BCUT2D eigenvalue weighted by Gasteiger charge is 2.35. The number of thiazole rings is 1. The first-order chi connectivity index (χ1) is 15.2. The van der Waals surface area contributed by atoms with Gasteiger partial charge in [-0.2, -0.15) is 23.3 Å². The van der Waals surface area contributed by atoms with Crippen molar-refractivity contribution in [3.63, 3.8) is 0 Å². The topological polar surface area (TPSA) is 100 Å². The largest absolute Gasteiger partial charge is 0.408 e. The molecule has 1 aliphatic carbocycles. The molecule has 1 aliphatic heterocycles. The SMILES string of the molecule is CC1=CCC(C(=O)Nc2nc3c(s2)c(C(=O)N2CCC[C@H]2CO)nn3CC(F)(F)F)C=C1. The van der Waals surface area contributed by atoms with Crippen molar-refractivity contribution in [1.82, 2.24) is 19.7 Å². The Morgan fingerprint density at radius 1 is 1.38 bits per heavy atom. The van der Waals surface area contributed by atoms with Crippen LogP contribution < -0.4 is 5.32 Å². The molecule has 1 saturated heterocycles. The Kier molecular flexibility index (Phi) is 6.08. The van der Waals surface area contributed by atoms with Crippen molar-refractivity contribution >= 4 is 38.6 Å². The summed E-state index contributed by atoms with van der Waals surface area (Å²) >= 11 is 0.916. The van der Waals surface area contributed by atoms with Crippen LogP contribution in [0.15, 0.2) is 23.8 Å². The molecule has 4 rings (SSSR count). The number of aliphatic hydroxyl groups is 1. The molecule has 2 N–H and O–H groups in total. The molecule has 0 bridgehead atoms. The van der Waals surface area contributed by atoms with Crippen LogP contribution in [0.25, 0.3) is 10.3 Å². The fourth-order valence-corrected chi connectivity index (χ4v) is 4.82. The number of rotatable bonds is 5. The van der Waals surface area contributed by atoms with Crippen LogP contribution in [-0.4, -0.2) is 62.0 Å². The number of anilines is 1. The number of nitrogens with one attached hydrogen (secondary N) is 1. The fourth-order valence-electron chi connectivity index (χ4n) is 3.88. The summed E-state index contributed by atoms with van der Waals surface area (Å²) in [6, 6.07) is -0.396. The third kappa shape index (κ3) is 4.56. The van der Waals surface area contributed by atoms with Gasteiger partial charge in [0.05, 0.1) is 18.6 Å². The van der Waals surface area contributed by atoms with Crippen LogP contribution in [0.1, 0.15) is 36.7 Å². The van der Waals surface area contributed by atoms with E-state index >= 15 is 0 Å². The molecule has 2 aliphatic rings. The number of amides is 2. The van der Waals surface area contributed by atoms with Crippen molar-refractivity contribution in [2.45, 2.75) is 44.9 Å². The molecule has 8 nitrogen and oxygen atoms in total. The maximum absolute atomic E-state index is 13.1. The van der Waals surface area contributed by atoms with Crippen molar-refractivity contribution in [3.05, 3.63) is 29.5 Å². The number of fused-ring (bicyclic) bond motifs is 1. The van der Waals surface area contributed by atoms with Gasteiger partial charge in [-0.15, -0.1) is 0 Å². The molecular formula is C20H22F3N5O3S. The summed E-state index contributed by atoms with van der Waals surface area (Å²) in [6.07, 6.45) is 2.77. The maximum Gasteiger partial charge on any atom is 0.408 e. The van der Waals surface area contributed by atoms with Gasteiger partial charge in [0.25, 0.3) is 5.91 Å². The number of carbonyl (C=O) groups excluding carboxylic acids is 2. The van der Waals surface area contributed by atoms with Crippen LogP contribution in [0.2, 0.25) is 0 Å². The molecule has 32 heavy (non-hydrogen) atoms. The van der Waals surface area contributed by atoms with E-state index < -0.39 is 30.6 Å². The van der Waals surface area contributed by atoms with Crippen molar-refractivity contribution in [2.75, 3.05) is 18.5 Å². The first kappa shape index (κ1) is 22.5. The van der Waals surface area contributed by atoms with Crippen LogP contribution in [0, 0.1) is 5.92 Å². The number of hydrogen-bond acceptors (Lipinski definition) is 6. The van der Waals surface area contributed by atoms with Crippen LogP contribution >= 0.6 is 11.3 Å². The highest BCUT2D eigenvalue weighted by Crippen LogP contribution is 2.33. The molecule has 0 spiro atoms. The van der Waals surface area contributed by atoms with Crippen molar-refractivity contribution in [1.29, 1.82) is 0 Å². The predicted octanol–water partition coefficient (Wildman–Crippen LogP) is 3.11. The van der Waals surface area contributed by atoms with Gasteiger partial charge in [0, 0.05) is 6.54 Å². The molecule has 12 heteroatoms. The smallest absolute Gasteiger partial charge is 0.394 e. The highest BCUT2D eigenvalue weighted by molar-refractivity contribution is 7.22. The lowest BCUT2D eigenvalue weighted by molar-refractivity contribution is -0.142. The minimum absolute atomic E-state index is 0.104. The molecule has 2 atom stereocenters. The normalized spacial score (nSPS) is 21.3. The van der Waals surface area contributed by atoms with Crippen molar-refractivity contribution < 1.29 is 27.9 Å². The number of halogens is 3. The van der Waals surface area contributed by atoms with Crippen LogP contribution in [0.3, 0.4) is 0 Å². The van der Waals surface area contributed by atoms with Crippen molar-refractivity contribution in [2.24, 2.45) is 5.92 Å². The van der Waals surface area contributed by atoms with Gasteiger partial charge < -0.3 is 15.3 Å². The fraction of sp³-hybridized carbons (Fsp3) is 0.500. The first-order valence-electron chi connectivity index (χ1n) is 10.2. The van der Waals surface area contributed by atoms with Crippen LogP contribution in [-0.2, 0) is 11.3 Å². The van der Waals surface area contributed by atoms with E-state index in [1.165, 1.54) is 4.90 Å². The minimum atomic E-state index is -4.56. The molecule has 2 aromatic heterocycles. The number of allylic oxidation sites excluding steroid dienone is 3. The first-order valence-corrected chi connectivity index (χ1v) is 11.0. The van der Waals surface area contributed by atoms with Crippen LogP contribution in [0.4, 0.5) is 18.3 Å². The van der Waals surface area contributed by atoms with Gasteiger partial charge in [-0.05, 0) is 26.2 Å². The van der Waals surface area contributed by atoms with E-state index in [9.17, 15) is 27.9 Å². The predicted molar refractivity (Wildman–Crippen MR) is 112 cm³/mol. The minimum Gasteiger partial charge on any atom is -0.394 e. The lowest BCUT2D eigenvalue weighted by atomic mass is 9.97. The van der Waals surface area contributed by atoms with Gasteiger partial charge in [-0.3, -0.25) is 9.59 Å². The second-order valence-corrected chi connectivity index (χ2v) is 8.91. The number of hydrogen-bond donors (Lipinski definition) is 2. The average molecular weight is 469 g/mol. The average Bonchev–Trinajstić information content (AvgIpc) is 3.43.